The van der Waals surface area contributed by atoms with E-state index in [1.807, 2.05) is 48.5 Å². The minimum absolute atomic E-state index is 0.0183. The Morgan fingerprint density at radius 2 is 1.61 bits per heavy atom. The normalized spacial score (nSPS) is 10.6. The lowest BCUT2D eigenvalue weighted by Gasteiger charge is -2.12. The number of nitrogens with one attached hydrogen (secondary N) is 2. The number of anilines is 4. The summed E-state index contributed by atoms with van der Waals surface area (Å²) in [6.45, 7) is 3.61. The average Bonchev–Trinajstić information content (AvgIpc) is 2.70. The van der Waals surface area contributed by atoms with Crippen LogP contribution in [0.1, 0.15) is 22.8 Å². The van der Waals surface area contributed by atoms with Crippen LogP contribution in [0.5, 0.6) is 0 Å². The maximum atomic E-state index is 11.6. The average molecular weight is 368 g/mol. The Hall–Kier alpha value is -3.73. The molecule has 0 fully saturated rings. The lowest BCUT2D eigenvalue weighted by molar-refractivity contribution is 0.101. The highest BCUT2D eigenvalue weighted by molar-refractivity contribution is 5.95. The van der Waals surface area contributed by atoms with Gasteiger partial charge in [-0.1, -0.05) is 42.0 Å². The van der Waals surface area contributed by atoms with E-state index in [1.165, 1.54) is 5.56 Å². The fourth-order valence-electron chi connectivity index (χ4n) is 2.95. The first-order valence-corrected chi connectivity index (χ1v) is 9.07. The second-order valence-electron chi connectivity index (χ2n) is 6.67. The molecule has 1 heterocycles. The number of fused-ring (bicyclic) bond motifs is 1. The smallest absolute Gasteiger partial charge is 0.229 e. The minimum atomic E-state index is 0.0183. The fourth-order valence-corrected chi connectivity index (χ4v) is 2.95. The molecule has 5 heteroatoms. The number of hydrogen-bond donors (Lipinski definition) is 2. The Kier molecular flexibility index (Phi) is 4.72. The maximum Gasteiger partial charge on any atom is 0.229 e. The molecule has 0 bridgehead atoms. The molecule has 3 aromatic carbocycles. The Morgan fingerprint density at radius 3 is 2.39 bits per heavy atom. The molecule has 0 radical (unpaired) electrons. The van der Waals surface area contributed by atoms with Crippen molar-refractivity contribution in [2.45, 2.75) is 13.8 Å². The Balaban J connectivity index is 1.72. The van der Waals surface area contributed by atoms with Crippen molar-refractivity contribution in [2.24, 2.45) is 0 Å². The van der Waals surface area contributed by atoms with Gasteiger partial charge in [0, 0.05) is 22.3 Å². The van der Waals surface area contributed by atoms with Gasteiger partial charge in [-0.25, -0.2) is 4.98 Å². The van der Waals surface area contributed by atoms with Crippen LogP contribution < -0.4 is 10.6 Å². The van der Waals surface area contributed by atoms with E-state index in [-0.39, 0.29) is 5.78 Å². The van der Waals surface area contributed by atoms with E-state index in [4.69, 9.17) is 0 Å². The number of rotatable bonds is 5. The number of benzene rings is 3. The zero-order valence-corrected chi connectivity index (χ0v) is 15.7. The monoisotopic (exact) mass is 368 g/mol. The molecular formula is C23H20N4O. The van der Waals surface area contributed by atoms with Crippen molar-refractivity contribution in [1.82, 2.24) is 9.97 Å². The van der Waals surface area contributed by atoms with Gasteiger partial charge < -0.3 is 10.6 Å². The van der Waals surface area contributed by atoms with Gasteiger partial charge >= 0.3 is 0 Å². The molecular weight excluding hydrogens is 348 g/mol. The Morgan fingerprint density at radius 1 is 0.821 bits per heavy atom. The first-order valence-electron chi connectivity index (χ1n) is 9.07. The molecule has 138 valence electrons. The van der Waals surface area contributed by atoms with Crippen molar-refractivity contribution in [3.63, 3.8) is 0 Å². The quantitative estimate of drug-likeness (QED) is 0.447. The van der Waals surface area contributed by atoms with E-state index >= 15 is 0 Å². The van der Waals surface area contributed by atoms with Crippen molar-refractivity contribution < 1.29 is 4.79 Å². The van der Waals surface area contributed by atoms with Crippen molar-refractivity contribution in [2.75, 3.05) is 10.6 Å². The van der Waals surface area contributed by atoms with E-state index in [0.717, 1.165) is 28.1 Å². The molecule has 5 nitrogen and oxygen atoms in total. The number of aromatic nitrogens is 2. The first kappa shape index (κ1) is 17.7. The van der Waals surface area contributed by atoms with Gasteiger partial charge in [-0.2, -0.15) is 4.98 Å². The third kappa shape index (κ3) is 3.83. The molecule has 4 rings (SSSR count). The van der Waals surface area contributed by atoms with Crippen LogP contribution in [0.25, 0.3) is 10.9 Å². The fraction of sp³-hybridized carbons (Fsp3) is 0.0870. The molecule has 0 saturated heterocycles. The lowest BCUT2D eigenvalue weighted by atomic mass is 10.1. The highest BCUT2D eigenvalue weighted by Gasteiger charge is 2.09. The first-order chi connectivity index (χ1) is 13.6. The molecule has 0 aliphatic heterocycles. The number of ketones is 1. The van der Waals surface area contributed by atoms with Gasteiger partial charge in [-0.15, -0.1) is 0 Å². The third-order valence-corrected chi connectivity index (χ3v) is 4.44. The van der Waals surface area contributed by atoms with Crippen LogP contribution >= 0.6 is 0 Å². The molecule has 0 saturated carbocycles. The van der Waals surface area contributed by atoms with Gasteiger partial charge in [0.25, 0.3) is 0 Å². The van der Waals surface area contributed by atoms with Crippen molar-refractivity contribution in [3.8, 4) is 0 Å². The second-order valence-corrected chi connectivity index (χ2v) is 6.67. The van der Waals surface area contributed by atoms with Crippen LogP contribution in [0.2, 0.25) is 0 Å². The molecule has 2 N–H and O–H groups in total. The Bertz CT molecular complexity index is 1150. The van der Waals surface area contributed by atoms with Gasteiger partial charge in [0.15, 0.2) is 5.78 Å². The number of hydrogen-bond acceptors (Lipinski definition) is 5. The predicted octanol–water partition coefficient (Wildman–Crippen LogP) is 5.63. The topological polar surface area (TPSA) is 66.9 Å². The summed E-state index contributed by atoms with van der Waals surface area (Å²) >= 11 is 0. The zero-order valence-electron chi connectivity index (χ0n) is 15.7. The van der Waals surface area contributed by atoms with Crippen LogP contribution in [0, 0.1) is 6.92 Å². The largest absolute Gasteiger partial charge is 0.340 e. The standard InChI is InChI=1S/C23H20N4O/c1-15-10-12-18(13-11-15)24-22-20-8-3-4-9-21(20)26-23(27-22)25-19-7-5-6-17(14-19)16(2)28/h3-14H,1-2H3,(H2,24,25,26,27). The number of carbonyl (C=O) groups is 1. The molecule has 28 heavy (non-hydrogen) atoms. The zero-order chi connectivity index (χ0) is 19.5. The van der Waals surface area contributed by atoms with Gasteiger partial charge in [-0.05, 0) is 50.2 Å². The van der Waals surface area contributed by atoms with Gasteiger partial charge in [-0.3, -0.25) is 4.79 Å². The Labute approximate surface area is 163 Å². The molecule has 1 aromatic heterocycles. The highest BCUT2D eigenvalue weighted by Crippen LogP contribution is 2.26. The maximum absolute atomic E-state index is 11.6. The van der Waals surface area contributed by atoms with Crippen LogP contribution in [0.4, 0.5) is 23.1 Å². The SMILES string of the molecule is CC(=O)c1cccc(Nc2nc(Nc3ccc(C)cc3)c3ccccc3n2)c1. The van der Waals surface area contributed by atoms with Gasteiger partial charge in [0.1, 0.15) is 5.82 Å². The number of nitrogens with zero attached hydrogens (tertiary/aromatic N) is 2. The van der Waals surface area contributed by atoms with E-state index in [1.54, 1.807) is 19.1 Å². The molecule has 0 spiro atoms. The van der Waals surface area contributed by atoms with E-state index < -0.39 is 0 Å². The number of aryl methyl sites for hydroxylation is 1. The minimum Gasteiger partial charge on any atom is -0.340 e. The lowest BCUT2D eigenvalue weighted by Crippen LogP contribution is -2.03. The number of Topliss-reactive ketones (excluding diaryl/α,β-unsaturated/α-hetero) is 1. The summed E-state index contributed by atoms with van der Waals surface area (Å²) in [5.41, 5.74) is 4.40. The molecule has 0 unspecified atom stereocenters. The highest BCUT2D eigenvalue weighted by atomic mass is 16.1. The third-order valence-electron chi connectivity index (χ3n) is 4.44. The van der Waals surface area contributed by atoms with Crippen LogP contribution in [0.15, 0.2) is 72.8 Å². The summed E-state index contributed by atoms with van der Waals surface area (Å²) < 4.78 is 0. The number of carbonyl (C=O) groups excluding carboxylic acids is 1. The van der Waals surface area contributed by atoms with Crippen molar-refractivity contribution >= 4 is 39.8 Å². The summed E-state index contributed by atoms with van der Waals surface area (Å²) in [5.74, 6) is 1.21. The van der Waals surface area contributed by atoms with Crippen molar-refractivity contribution in [1.29, 1.82) is 0 Å². The van der Waals surface area contributed by atoms with Crippen molar-refractivity contribution in [3.05, 3.63) is 83.9 Å². The van der Waals surface area contributed by atoms with E-state index in [0.29, 0.717) is 11.5 Å². The van der Waals surface area contributed by atoms with Crippen LogP contribution in [-0.2, 0) is 0 Å². The molecule has 0 aliphatic rings. The predicted molar refractivity (Wildman–Crippen MR) is 114 cm³/mol. The molecule has 0 atom stereocenters. The van der Waals surface area contributed by atoms with Crippen LogP contribution in [0.3, 0.4) is 0 Å². The van der Waals surface area contributed by atoms with E-state index in [2.05, 4.69) is 39.7 Å². The summed E-state index contributed by atoms with van der Waals surface area (Å²) in [5, 5.41) is 7.53. The van der Waals surface area contributed by atoms with E-state index in [9.17, 15) is 4.79 Å². The summed E-state index contributed by atoms with van der Waals surface area (Å²) in [7, 11) is 0. The molecule has 0 aliphatic carbocycles. The molecule has 4 aromatic rings. The second kappa shape index (κ2) is 7.48. The van der Waals surface area contributed by atoms with Gasteiger partial charge in [0.05, 0.1) is 5.52 Å². The number of para-hydroxylation sites is 1. The van der Waals surface area contributed by atoms with Crippen LogP contribution in [-0.4, -0.2) is 15.8 Å². The summed E-state index contributed by atoms with van der Waals surface area (Å²) in [4.78, 5) is 20.9. The summed E-state index contributed by atoms with van der Waals surface area (Å²) in [6, 6.07) is 23.3. The van der Waals surface area contributed by atoms with Gasteiger partial charge in [0.2, 0.25) is 5.95 Å². The summed E-state index contributed by atoms with van der Waals surface area (Å²) in [6.07, 6.45) is 0. The molecule has 0 amide bonds.